The van der Waals surface area contributed by atoms with E-state index in [1.807, 2.05) is 0 Å². The van der Waals surface area contributed by atoms with Crippen LogP contribution in [0.25, 0.3) is 10.4 Å². The van der Waals surface area contributed by atoms with Crippen LogP contribution in [0.1, 0.15) is 13.8 Å². The summed E-state index contributed by atoms with van der Waals surface area (Å²) in [6.07, 6.45) is -2.23. The minimum Gasteiger partial charge on any atom is -0.456 e. The van der Waals surface area contributed by atoms with E-state index >= 15 is 0 Å². The zero-order valence-electron chi connectivity index (χ0n) is 9.27. The van der Waals surface area contributed by atoms with E-state index in [-0.39, 0.29) is 0 Å². The number of nitrogens with zero attached hydrogens (tertiary/aromatic N) is 3. The van der Waals surface area contributed by atoms with E-state index < -0.39 is 42.4 Å². The molecular formula is C9H11N3O5. The van der Waals surface area contributed by atoms with Gasteiger partial charge in [0.05, 0.1) is 0 Å². The van der Waals surface area contributed by atoms with Gasteiger partial charge in [-0.15, -0.1) is 0 Å². The predicted molar refractivity (Wildman–Crippen MR) is 51.5 cm³/mol. The molecule has 3 rings (SSSR count). The molecule has 17 heavy (non-hydrogen) atoms. The SMILES string of the molecule is CC1(C)O[C@H]2O[C@@H]3C(N=[N+]=[N-])C(=O)O[C@@H]3[C@H]2O1. The average Bonchev–Trinajstić information content (AvgIpc) is 2.78. The minimum atomic E-state index is -0.953. The highest BCUT2D eigenvalue weighted by Gasteiger charge is 2.62. The lowest BCUT2D eigenvalue weighted by molar-refractivity contribution is -0.210. The molecule has 0 amide bonds. The van der Waals surface area contributed by atoms with Crippen molar-refractivity contribution in [2.24, 2.45) is 5.11 Å². The second kappa shape index (κ2) is 3.33. The van der Waals surface area contributed by atoms with Crippen LogP contribution in [0.3, 0.4) is 0 Å². The van der Waals surface area contributed by atoms with Gasteiger partial charge in [0.25, 0.3) is 0 Å². The molecule has 0 aromatic heterocycles. The Morgan fingerprint density at radius 1 is 1.29 bits per heavy atom. The normalized spacial score (nSPS) is 46.0. The van der Waals surface area contributed by atoms with Crippen LogP contribution >= 0.6 is 0 Å². The molecule has 0 spiro atoms. The fraction of sp³-hybridized carbons (Fsp3) is 0.889. The Morgan fingerprint density at radius 2 is 2.06 bits per heavy atom. The zero-order chi connectivity index (χ0) is 12.2. The van der Waals surface area contributed by atoms with Crippen molar-refractivity contribution in [1.29, 1.82) is 0 Å². The van der Waals surface area contributed by atoms with Gasteiger partial charge in [-0.3, -0.25) is 4.79 Å². The maximum Gasteiger partial charge on any atom is 0.318 e. The van der Waals surface area contributed by atoms with Crippen molar-refractivity contribution in [3.63, 3.8) is 0 Å². The highest BCUT2D eigenvalue weighted by Crippen LogP contribution is 2.42. The van der Waals surface area contributed by atoms with Gasteiger partial charge in [-0.25, -0.2) is 0 Å². The first-order valence-corrected chi connectivity index (χ1v) is 5.28. The molecule has 0 N–H and O–H groups in total. The molecule has 3 aliphatic heterocycles. The van der Waals surface area contributed by atoms with Gasteiger partial charge in [-0.2, -0.15) is 0 Å². The number of ether oxygens (including phenoxy) is 4. The Bertz CT molecular complexity index is 419. The zero-order valence-corrected chi connectivity index (χ0v) is 9.27. The summed E-state index contributed by atoms with van der Waals surface area (Å²) < 4.78 is 21.7. The van der Waals surface area contributed by atoms with E-state index in [4.69, 9.17) is 24.5 Å². The Morgan fingerprint density at radius 3 is 2.76 bits per heavy atom. The molecule has 0 aromatic rings. The molecule has 0 aromatic carbocycles. The Kier molecular flexibility index (Phi) is 2.11. The van der Waals surface area contributed by atoms with Gasteiger partial charge in [0, 0.05) is 4.91 Å². The monoisotopic (exact) mass is 241 g/mol. The molecule has 1 unspecified atom stereocenters. The van der Waals surface area contributed by atoms with Gasteiger partial charge in [-0.05, 0) is 19.4 Å². The molecule has 8 nitrogen and oxygen atoms in total. The highest BCUT2D eigenvalue weighted by atomic mass is 16.8. The van der Waals surface area contributed by atoms with Crippen molar-refractivity contribution in [2.75, 3.05) is 0 Å². The molecule has 3 aliphatic rings. The number of rotatable bonds is 1. The summed E-state index contributed by atoms with van der Waals surface area (Å²) in [5.74, 6) is -1.34. The summed E-state index contributed by atoms with van der Waals surface area (Å²) in [6, 6.07) is -0.953. The van der Waals surface area contributed by atoms with Crippen molar-refractivity contribution >= 4 is 5.97 Å². The molecule has 0 saturated carbocycles. The number of azide groups is 1. The number of carbonyl (C=O) groups is 1. The largest absolute Gasteiger partial charge is 0.456 e. The first-order chi connectivity index (χ1) is 8.02. The van der Waals surface area contributed by atoms with Crippen LogP contribution in [0.2, 0.25) is 0 Å². The van der Waals surface area contributed by atoms with E-state index in [9.17, 15) is 4.79 Å². The Labute approximate surface area is 96.4 Å². The van der Waals surface area contributed by atoms with Gasteiger partial charge in [0.15, 0.2) is 30.3 Å². The molecule has 8 heteroatoms. The van der Waals surface area contributed by atoms with Crippen LogP contribution in [0, 0.1) is 0 Å². The molecule has 3 fully saturated rings. The van der Waals surface area contributed by atoms with Crippen molar-refractivity contribution in [3.05, 3.63) is 10.4 Å². The summed E-state index contributed by atoms with van der Waals surface area (Å²) in [7, 11) is 0. The first-order valence-electron chi connectivity index (χ1n) is 5.28. The van der Waals surface area contributed by atoms with E-state index in [0.29, 0.717) is 0 Å². The van der Waals surface area contributed by atoms with Gasteiger partial charge in [0.1, 0.15) is 6.10 Å². The number of hydrogen-bond acceptors (Lipinski definition) is 6. The van der Waals surface area contributed by atoms with Crippen molar-refractivity contribution in [2.45, 2.75) is 50.3 Å². The lowest BCUT2D eigenvalue weighted by Crippen LogP contribution is -2.34. The average molecular weight is 241 g/mol. The lowest BCUT2D eigenvalue weighted by atomic mass is 10.1. The van der Waals surface area contributed by atoms with Gasteiger partial charge in [-0.1, -0.05) is 5.11 Å². The Balaban J connectivity index is 1.84. The van der Waals surface area contributed by atoms with Crippen molar-refractivity contribution < 1.29 is 23.7 Å². The lowest BCUT2D eigenvalue weighted by Gasteiger charge is -2.21. The number of fused-ring (bicyclic) bond motifs is 3. The van der Waals surface area contributed by atoms with Crippen LogP contribution in [0.15, 0.2) is 5.11 Å². The molecule has 0 aliphatic carbocycles. The predicted octanol–water partition coefficient (Wildman–Crippen LogP) is 0.467. The van der Waals surface area contributed by atoms with Crippen LogP contribution in [0.5, 0.6) is 0 Å². The van der Waals surface area contributed by atoms with E-state index in [1.54, 1.807) is 13.8 Å². The fourth-order valence-electron chi connectivity index (χ4n) is 2.40. The fourth-order valence-corrected chi connectivity index (χ4v) is 2.40. The molecule has 92 valence electrons. The second-order valence-electron chi connectivity index (χ2n) is 4.62. The number of carbonyl (C=O) groups excluding carboxylic acids is 1. The van der Waals surface area contributed by atoms with E-state index in [0.717, 1.165) is 0 Å². The van der Waals surface area contributed by atoms with Gasteiger partial charge >= 0.3 is 5.97 Å². The van der Waals surface area contributed by atoms with Crippen LogP contribution in [-0.4, -0.2) is 42.4 Å². The molecule has 0 radical (unpaired) electrons. The summed E-state index contributed by atoms with van der Waals surface area (Å²) in [6.45, 7) is 3.51. The maximum absolute atomic E-state index is 11.5. The summed E-state index contributed by atoms with van der Waals surface area (Å²) in [5, 5.41) is 3.38. The first kappa shape index (κ1) is 10.8. The standard InChI is InChI=1S/C9H11N3O5/c1-9(2)16-6-5-4(15-8(6)17-9)3(11-12-10)7(13)14-5/h3-6,8H,1-2H3/t3?,4-,5+,6-,8-/m1/s1. The highest BCUT2D eigenvalue weighted by molar-refractivity contribution is 5.79. The molecule has 3 saturated heterocycles. The summed E-state index contributed by atoms with van der Waals surface area (Å²) in [4.78, 5) is 14.1. The number of esters is 1. The second-order valence-corrected chi connectivity index (χ2v) is 4.62. The quantitative estimate of drug-likeness (QED) is 0.287. The van der Waals surface area contributed by atoms with Crippen molar-refractivity contribution in [3.8, 4) is 0 Å². The molecular weight excluding hydrogens is 230 g/mol. The van der Waals surface area contributed by atoms with E-state index in [2.05, 4.69) is 10.0 Å². The minimum absolute atomic E-state index is 0.460. The molecule has 3 heterocycles. The van der Waals surface area contributed by atoms with E-state index in [1.165, 1.54) is 0 Å². The van der Waals surface area contributed by atoms with Crippen molar-refractivity contribution in [1.82, 2.24) is 0 Å². The topological polar surface area (TPSA) is 103 Å². The van der Waals surface area contributed by atoms with Gasteiger partial charge in [0.2, 0.25) is 0 Å². The molecule has 5 atom stereocenters. The maximum atomic E-state index is 11.5. The van der Waals surface area contributed by atoms with Crippen LogP contribution < -0.4 is 0 Å². The third-order valence-electron chi connectivity index (χ3n) is 3.01. The smallest absolute Gasteiger partial charge is 0.318 e. The van der Waals surface area contributed by atoms with Crippen LogP contribution in [0.4, 0.5) is 0 Å². The Hall–Kier alpha value is -1.34. The summed E-state index contributed by atoms with van der Waals surface area (Å²) in [5.41, 5.74) is 8.38. The van der Waals surface area contributed by atoms with Crippen LogP contribution in [-0.2, 0) is 23.7 Å². The van der Waals surface area contributed by atoms with Gasteiger partial charge < -0.3 is 18.9 Å². The third-order valence-corrected chi connectivity index (χ3v) is 3.01. The third kappa shape index (κ3) is 1.49. The molecule has 0 bridgehead atoms. The number of hydrogen-bond donors (Lipinski definition) is 0. The summed E-state index contributed by atoms with van der Waals surface area (Å²) >= 11 is 0.